The molecule has 1 amide bonds. The van der Waals surface area contributed by atoms with Crippen LogP contribution >= 0.6 is 12.4 Å². The van der Waals surface area contributed by atoms with Gasteiger partial charge in [0.05, 0.1) is 0 Å². The van der Waals surface area contributed by atoms with Crippen LogP contribution in [0.1, 0.15) is 48.4 Å². The van der Waals surface area contributed by atoms with E-state index < -0.39 is 0 Å². The quantitative estimate of drug-likeness (QED) is 0.867. The maximum Gasteiger partial charge on any atom is 0.274 e. The smallest absolute Gasteiger partial charge is 0.274 e. The van der Waals surface area contributed by atoms with E-state index in [0.717, 1.165) is 56.7 Å². The number of hydrogen-bond acceptors (Lipinski definition) is 3. The Bertz CT molecular complexity index is 419. The Labute approximate surface area is 120 Å². The van der Waals surface area contributed by atoms with E-state index in [1.165, 1.54) is 0 Å². The van der Waals surface area contributed by atoms with Gasteiger partial charge in [0, 0.05) is 43.9 Å². The topological polar surface area (TPSA) is 61.0 Å². The SMILES string of the molecule is CCCCN(CC)C(=O)c1n[nH]c2c1CNCC2.Cl. The number of hydrogen-bond donors (Lipinski definition) is 2. The van der Waals surface area contributed by atoms with E-state index in [9.17, 15) is 4.79 Å². The van der Waals surface area contributed by atoms with E-state index in [1.807, 2.05) is 11.8 Å². The number of fused-ring (bicyclic) bond motifs is 1. The maximum atomic E-state index is 12.4. The lowest BCUT2D eigenvalue weighted by molar-refractivity contribution is 0.0755. The second-order valence-corrected chi connectivity index (χ2v) is 4.69. The average molecular weight is 287 g/mol. The van der Waals surface area contributed by atoms with Crippen LogP contribution in [0.2, 0.25) is 0 Å². The molecular weight excluding hydrogens is 264 g/mol. The molecule has 5 nitrogen and oxygen atoms in total. The van der Waals surface area contributed by atoms with Crippen molar-refractivity contribution in [2.45, 2.75) is 39.7 Å². The number of rotatable bonds is 5. The van der Waals surface area contributed by atoms with E-state index >= 15 is 0 Å². The van der Waals surface area contributed by atoms with Gasteiger partial charge in [0.25, 0.3) is 5.91 Å². The van der Waals surface area contributed by atoms with Crippen LogP contribution < -0.4 is 5.32 Å². The van der Waals surface area contributed by atoms with Gasteiger partial charge >= 0.3 is 0 Å². The van der Waals surface area contributed by atoms with Gasteiger partial charge in [0.1, 0.15) is 0 Å². The lowest BCUT2D eigenvalue weighted by Crippen LogP contribution is -2.33. The van der Waals surface area contributed by atoms with Crippen LogP contribution in [0.3, 0.4) is 0 Å². The van der Waals surface area contributed by atoms with Crippen LogP contribution in [0.15, 0.2) is 0 Å². The molecule has 0 aliphatic carbocycles. The number of H-pyrrole nitrogens is 1. The Balaban J connectivity index is 0.00000180. The molecule has 0 atom stereocenters. The van der Waals surface area contributed by atoms with Gasteiger partial charge in [-0.05, 0) is 13.3 Å². The highest BCUT2D eigenvalue weighted by molar-refractivity contribution is 5.94. The molecule has 2 heterocycles. The zero-order chi connectivity index (χ0) is 13.0. The molecule has 1 aliphatic heterocycles. The van der Waals surface area contributed by atoms with Crippen molar-refractivity contribution in [2.75, 3.05) is 19.6 Å². The molecule has 0 spiro atoms. The van der Waals surface area contributed by atoms with E-state index in [-0.39, 0.29) is 18.3 Å². The normalized spacial score (nSPS) is 13.6. The molecule has 1 aromatic heterocycles. The summed E-state index contributed by atoms with van der Waals surface area (Å²) in [5.41, 5.74) is 2.78. The van der Waals surface area contributed by atoms with Gasteiger partial charge < -0.3 is 10.2 Å². The van der Waals surface area contributed by atoms with Gasteiger partial charge in [-0.15, -0.1) is 12.4 Å². The molecule has 1 aliphatic rings. The van der Waals surface area contributed by atoms with Crippen LogP contribution in [0, 0.1) is 0 Å². The first kappa shape index (κ1) is 16.0. The van der Waals surface area contributed by atoms with Crippen molar-refractivity contribution >= 4 is 18.3 Å². The fourth-order valence-corrected chi connectivity index (χ4v) is 2.30. The number of halogens is 1. The van der Waals surface area contributed by atoms with Gasteiger partial charge in [0.15, 0.2) is 5.69 Å². The number of amides is 1. The highest BCUT2D eigenvalue weighted by atomic mass is 35.5. The molecule has 1 aromatic rings. The summed E-state index contributed by atoms with van der Waals surface area (Å²) >= 11 is 0. The minimum Gasteiger partial charge on any atom is -0.338 e. The van der Waals surface area contributed by atoms with E-state index in [1.54, 1.807) is 0 Å². The fraction of sp³-hybridized carbons (Fsp3) is 0.692. The highest BCUT2D eigenvalue weighted by Gasteiger charge is 2.24. The number of nitrogens with zero attached hydrogens (tertiary/aromatic N) is 2. The monoisotopic (exact) mass is 286 g/mol. The Morgan fingerprint density at radius 2 is 2.21 bits per heavy atom. The van der Waals surface area contributed by atoms with E-state index in [0.29, 0.717) is 5.69 Å². The first-order valence-electron chi connectivity index (χ1n) is 6.84. The molecule has 0 aromatic carbocycles. The van der Waals surface area contributed by atoms with E-state index in [4.69, 9.17) is 0 Å². The summed E-state index contributed by atoms with van der Waals surface area (Å²) in [5, 5.41) is 10.5. The third-order valence-corrected chi connectivity index (χ3v) is 3.46. The zero-order valence-electron chi connectivity index (χ0n) is 11.7. The Kier molecular flexibility index (Phi) is 6.31. The maximum absolute atomic E-state index is 12.4. The minimum atomic E-state index is 0. The van der Waals surface area contributed by atoms with Gasteiger partial charge in [-0.25, -0.2) is 0 Å². The number of aromatic nitrogens is 2. The lowest BCUT2D eigenvalue weighted by Gasteiger charge is -2.21. The Hall–Kier alpha value is -1.07. The van der Waals surface area contributed by atoms with Gasteiger partial charge in [-0.2, -0.15) is 5.10 Å². The second-order valence-electron chi connectivity index (χ2n) is 4.69. The van der Waals surface area contributed by atoms with E-state index in [2.05, 4.69) is 22.4 Å². The molecule has 0 radical (unpaired) electrons. The van der Waals surface area contributed by atoms with Gasteiger partial charge in [0.2, 0.25) is 0 Å². The Morgan fingerprint density at radius 1 is 1.42 bits per heavy atom. The van der Waals surface area contributed by atoms with Crippen molar-refractivity contribution in [2.24, 2.45) is 0 Å². The number of nitrogens with one attached hydrogen (secondary N) is 2. The van der Waals surface area contributed by atoms with Crippen molar-refractivity contribution in [3.8, 4) is 0 Å². The summed E-state index contributed by atoms with van der Waals surface area (Å²) in [6.07, 6.45) is 3.07. The van der Waals surface area contributed by atoms with Gasteiger partial charge in [-0.3, -0.25) is 9.89 Å². The summed E-state index contributed by atoms with van der Waals surface area (Å²) < 4.78 is 0. The molecule has 2 rings (SSSR count). The highest BCUT2D eigenvalue weighted by Crippen LogP contribution is 2.17. The molecule has 6 heteroatoms. The van der Waals surface area contributed by atoms with Crippen molar-refractivity contribution in [3.05, 3.63) is 17.0 Å². The zero-order valence-corrected chi connectivity index (χ0v) is 12.5. The molecule has 0 unspecified atom stereocenters. The first-order chi connectivity index (χ1) is 8.77. The third-order valence-electron chi connectivity index (χ3n) is 3.46. The summed E-state index contributed by atoms with van der Waals surface area (Å²) in [5.74, 6) is 0.0622. The van der Waals surface area contributed by atoms with Crippen molar-refractivity contribution in [1.82, 2.24) is 20.4 Å². The van der Waals surface area contributed by atoms with Crippen LogP contribution in [-0.2, 0) is 13.0 Å². The van der Waals surface area contributed by atoms with Gasteiger partial charge in [-0.1, -0.05) is 13.3 Å². The predicted octanol–water partition coefficient (Wildman–Crippen LogP) is 1.74. The van der Waals surface area contributed by atoms with Crippen LogP contribution in [0.25, 0.3) is 0 Å². The van der Waals surface area contributed by atoms with Crippen LogP contribution in [-0.4, -0.2) is 40.6 Å². The number of aromatic amines is 1. The molecule has 0 saturated heterocycles. The largest absolute Gasteiger partial charge is 0.338 e. The number of carbonyl (C=O) groups excluding carboxylic acids is 1. The second kappa shape index (κ2) is 7.50. The lowest BCUT2D eigenvalue weighted by atomic mass is 10.1. The van der Waals surface area contributed by atoms with Crippen LogP contribution in [0.5, 0.6) is 0 Å². The van der Waals surface area contributed by atoms with Crippen LogP contribution in [0.4, 0.5) is 0 Å². The van der Waals surface area contributed by atoms with Crippen molar-refractivity contribution < 1.29 is 4.79 Å². The predicted molar refractivity (Wildman–Crippen MR) is 77.7 cm³/mol. The summed E-state index contributed by atoms with van der Waals surface area (Å²) in [6, 6.07) is 0. The molecule has 0 fully saturated rings. The molecule has 108 valence electrons. The Morgan fingerprint density at radius 3 is 2.89 bits per heavy atom. The summed E-state index contributed by atoms with van der Waals surface area (Å²) in [7, 11) is 0. The van der Waals surface area contributed by atoms with Crippen molar-refractivity contribution in [3.63, 3.8) is 0 Å². The van der Waals surface area contributed by atoms with Crippen molar-refractivity contribution in [1.29, 1.82) is 0 Å². The average Bonchev–Trinajstić information content (AvgIpc) is 2.83. The standard InChI is InChI=1S/C13H22N4O.ClH/c1-3-5-8-17(4-2)13(18)12-10-9-14-7-6-11(10)15-16-12;/h14H,3-9H2,1-2H3,(H,15,16);1H. The molecule has 0 bridgehead atoms. The minimum absolute atomic E-state index is 0. The third kappa shape index (κ3) is 3.48. The summed E-state index contributed by atoms with van der Waals surface area (Å²) in [6.45, 7) is 7.42. The first-order valence-corrected chi connectivity index (χ1v) is 6.84. The number of carbonyl (C=O) groups is 1. The molecule has 19 heavy (non-hydrogen) atoms. The molecule has 0 saturated carbocycles. The molecular formula is C13H23ClN4O. The fourth-order valence-electron chi connectivity index (χ4n) is 2.30. The summed E-state index contributed by atoms with van der Waals surface area (Å²) in [4.78, 5) is 14.3. The molecule has 2 N–H and O–H groups in total. The number of unbranched alkanes of at least 4 members (excludes halogenated alkanes) is 1.